The Morgan fingerprint density at radius 3 is 2.67 bits per heavy atom. The second-order valence-electron chi connectivity index (χ2n) is 7.35. The van der Waals surface area contributed by atoms with Crippen molar-refractivity contribution in [1.82, 2.24) is 24.6 Å². The molecular weight excluding hydrogens is 385 g/mol. The number of aliphatic hydroxyl groups excluding tert-OH is 1. The zero-order valence-corrected chi connectivity index (χ0v) is 16.4. The lowest BCUT2D eigenvalue weighted by Crippen LogP contribution is -2.48. The molecule has 4 heterocycles. The van der Waals surface area contributed by atoms with Gasteiger partial charge in [-0.2, -0.15) is 0 Å². The maximum atomic E-state index is 14.2. The predicted molar refractivity (Wildman–Crippen MR) is 111 cm³/mol. The van der Waals surface area contributed by atoms with E-state index >= 15 is 0 Å². The molecule has 1 aromatic carbocycles. The van der Waals surface area contributed by atoms with Gasteiger partial charge >= 0.3 is 0 Å². The minimum Gasteiger partial charge on any atom is -0.395 e. The number of β-amino-alcohol motifs (C(OH)–C–C–N with tert-alkyl or cyclic N) is 1. The van der Waals surface area contributed by atoms with Gasteiger partial charge in [-0.1, -0.05) is 6.07 Å². The van der Waals surface area contributed by atoms with Crippen molar-refractivity contribution in [2.45, 2.75) is 6.54 Å². The number of aliphatic hydroxyl groups is 1. The number of aliphatic imine (C=N–C) groups is 1. The Morgan fingerprint density at radius 1 is 1.03 bits per heavy atom. The standard InChI is InChI=1S/C21H22FN7O/c22-15-4-5-18-16(13-15)20(17-3-1-2-6-23-17)24-14-19-25-26-21(29(18)19)28-9-7-27(8-10-28)11-12-30/h1-6,13,30H,7-12,14H2. The molecule has 3 aromatic rings. The lowest BCUT2D eigenvalue weighted by molar-refractivity contribution is 0.188. The number of hydrogen-bond acceptors (Lipinski definition) is 7. The first-order valence-corrected chi connectivity index (χ1v) is 10.0. The highest BCUT2D eigenvalue weighted by Gasteiger charge is 2.28. The molecule has 154 valence electrons. The summed E-state index contributed by atoms with van der Waals surface area (Å²) in [6, 6.07) is 10.3. The van der Waals surface area contributed by atoms with Crippen LogP contribution in [0.1, 0.15) is 17.1 Å². The van der Waals surface area contributed by atoms with E-state index in [4.69, 9.17) is 4.99 Å². The van der Waals surface area contributed by atoms with Crippen LogP contribution in [0.4, 0.5) is 10.3 Å². The summed E-state index contributed by atoms with van der Waals surface area (Å²) in [5, 5.41) is 18.0. The first-order valence-electron chi connectivity index (χ1n) is 10.0. The molecule has 2 aromatic heterocycles. The molecule has 1 fully saturated rings. The maximum Gasteiger partial charge on any atom is 0.232 e. The van der Waals surface area contributed by atoms with Crippen molar-refractivity contribution >= 4 is 11.7 Å². The molecule has 0 amide bonds. The van der Waals surface area contributed by atoms with E-state index in [0.717, 1.165) is 37.8 Å². The number of rotatable bonds is 4. The van der Waals surface area contributed by atoms with Crippen molar-refractivity contribution in [3.8, 4) is 5.69 Å². The quantitative estimate of drug-likeness (QED) is 0.701. The van der Waals surface area contributed by atoms with Gasteiger partial charge in [0.2, 0.25) is 5.95 Å². The summed E-state index contributed by atoms with van der Waals surface area (Å²) in [4.78, 5) is 13.6. The monoisotopic (exact) mass is 407 g/mol. The summed E-state index contributed by atoms with van der Waals surface area (Å²) >= 11 is 0. The maximum absolute atomic E-state index is 14.2. The van der Waals surface area contributed by atoms with Gasteiger partial charge in [0.25, 0.3) is 0 Å². The highest BCUT2D eigenvalue weighted by molar-refractivity contribution is 6.14. The van der Waals surface area contributed by atoms with Crippen molar-refractivity contribution < 1.29 is 9.50 Å². The van der Waals surface area contributed by atoms with E-state index in [1.807, 2.05) is 22.8 Å². The lowest BCUT2D eigenvalue weighted by atomic mass is 10.0. The summed E-state index contributed by atoms with van der Waals surface area (Å²) in [6.45, 7) is 4.41. The fraction of sp³-hybridized carbons (Fsp3) is 0.333. The summed E-state index contributed by atoms with van der Waals surface area (Å²) in [6.07, 6.45) is 1.71. The molecule has 0 atom stereocenters. The Morgan fingerprint density at radius 2 is 1.90 bits per heavy atom. The molecule has 2 aliphatic rings. The van der Waals surface area contributed by atoms with Crippen LogP contribution in [0, 0.1) is 5.82 Å². The van der Waals surface area contributed by atoms with Gasteiger partial charge in [-0.25, -0.2) is 4.39 Å². The number of benzene rings is 1. The van der Waals surface area contributed by atoms with Crippen LogP contribution in [0.5, 0.6) is 0 Å². The third-order valence-corrected chi connectivity index (χ3v) is 5.53. The van der Waals surface area contributed by atoms with Crippen molar-refractivity contribution in [1.29, 1.82) is 0 Å². The van der Waals surface area contributed by atoms with E-state index in [9.17, 15) is 9.50 Å². The van der Waals surface area contributed by atoms with Gasteiger partial charge in [-0.05, 0) is 30.3 Å². The smallest absolute Gasteiger partial charge is 0.232 e. The molecule has 9 heteroatoms. The molecule has 5 rings (SSSR count). The first kappa shape index (κ1) is 18.8. The van der Waals surface area contributed by atoms with Crippen LogP contribution < -0.4 is 4.90 Å². The minimum atomic E-state index is -0.326. The number of hydrogen-bond donors (Lipinski definition) is 1. The van der Waals surface area contributed by atoms with Gasteiger partial charge in [-0.15, -0.1) is 10.2 Å². The topological polar surface area (TPSA) is 82.7 Å². The van der Waals surface area contributed by atoms with Crippen LogP contribution in [-0.4, -0.2) is 74.8 Å². The summed E-state index contributed by atoms with van der Waals surface area (Å²) in [7, 11) is 0. The molecule has 30 heavy (non-hydrogen) atoms. The van der Waals surface area contributed by atoms with Crippen LogP contribution in [0.15, 0.2) is 47.6 Å². The molecule has 8 nitrogen and oxygen atoms in total. The normalized spacial score (nSPS) is 16.6. The molecule has 1 N–H and O–H groups in total. The molecule has 0 bridgehead atoms. The van der Waals surface area contributed by atoms with E-state index < -0.39 is 0 Å². The van der Waals surface area contributed by atoms with Crippen molar-refractivity contribution in [2.75, 3.05) is 44.2 Å². The van der Waals surface area contributed by atoms with E-state index in [2.05, 4.69) is 25.0 Å². The van der Waals surface area contributed by atoms with E-state index in [1.165, 1.54) is 12.1 Å². The molecule has 2 aliphatic heterocycles. The summed E-state index contributed by atoms with van der Waals surface area (Å²) in [5.41, 5.74) is 2.81. The fourth-order valence-electron chi connectivity index (χ4n) is 4.02. The number of pyridine rings is 1. The minimum absolute atomic E-state index is 0.160. The van der Waals surface area contributed by atoms with Crippen molar-refractivity contribution in [3.05, 3.63) is 65.5 Å². The molecule has 0 saturated carbocycles. The molecule has 0 unspecified atom stereocenters. The van der Waals surface area contributed by atoms with Crippen LogP contribution in [-0.2, 0) is 6.54 Å². The number of piperazine rings is 1. The number of aromatic nitrogens is 4. The summed E-state index contributed by atoms with van der Waals surface area (Å²) < 4.78 is 16.2. The van der Waals surface area contributed by atoms with Crippen LogP contribution in [0.3, 0.4) is 0 Å². The van der Waals surface area contributed by atoms with Crippen LogP contribution in [0.2, 0.25) is 0 Å². The number of halogens is 1. The highest BCUT2D eigenvalue weighted by Crippen LogP contribution is 2.29. The molecule has 0 radical (unpaired) electrons. The Hall–Kier alpha value is -3.17. The molecule has 1 saturated heterocycles. The van der Waals surface area contributed by atoms with Crippen molar-refractivity contribution in [3.63, 3.8) is 0 Å². The zero-order chi connectivity index (χ0) is 20.5. The highest BCUT2D eigenvalue weighted by atomic mass is 19.1. The number of fused-ring (bicyclic) bond motifs is 3. The average Bonchev–Trinajstić information content (AvgIpc) is 3.12. The Bertz CT molecular complexity index is 1070. The lowest BCUT2D eigenvalue weighted by Gasteiger charge is -2.34. The van der Waals surface area contributed by atoms with Gasteiger partial charge in [0.15, 0.2) is 5.82 Å². The average molecular weight is 407 g/mol. The fourth-order valence-corrected chi connectivity index (χ4v) is 4.02. The number of anilines is 1. The van der Waals surface area contributed by atoms with E-state index in [0.29, 0.717) is 35.9 Å². The second kappa shape index (κ2) is 7.92. The third kappa shape index (κ3) is 3.35. The van der Waals surface area contributed by atoms with Gasteiger partial charge in [0.1, 0.15) is 12.4 Å². The predicted octanol–water partition coefficient (Wildman–Crippen LogP) is 1.27. The Balaban J connectivity index is 1.56. The molecule has 0 spiro atoms. The Kier molecular flexibility index (Phi) is 4.97. The zero-order valence-electron chi connectivity index (χ0n) is 16.4. The SMILES string of the molecule is OCCN1CCN(c2nnc3n2-c2ccc(F)cc2C(c2ccccn2)=NC3)CC1. The first-order chi connectivity index (χ1) is 14.7. The van der Waals surface area contributed by atoms with Gasteiger partial charge in [0.05, 0.1) is 23.7 Å². The van der Waals surface area contributed by atoms with E-state index in [-0.39, 0.29) is 12.4 Å². The Labute approximate surface area is 173 Å². The van der Waals surface area contributed by atoms with Gasteiger partial charge in [0, 0.05) is 44.5 Å². The second-order valence-corrected chi connectivity index (χ2v) is 7.35. The molecular formula is C21H22FN7O. The van der Waals surface area contributed by atoms with Crippen molar-refractivity contribution in [2.24, 2.45) is 4.99 Å². The molecule has 0 aliphatic carbocycles. The largest absolute Gasteiger partial charge is 0.395 e. The summed E-state index contributed by atoms with van der Waals surface area (Å²) in [5.74, 6) is 1.12. The van der Waals surface area contributed by atoms with Gasteiger partial charge < -0.3 is 10.0 Å². The number of nitrogens with zero attached hydrogens (tertiary/aromatic N) is 7. The van der Waals surface area contributed by atoms with E-state index in [1.54, 1.807) is 12.3 Å². The van der Waals surface area contributed by atoms with Crippen LogP contribution in [0.25, 0.3) is 5.69 Å². The third-order valence-electron chi connectivity index (χ3n) is 5.53. The van der Waals surface area contributed by atoms with Crippen LogP contribution >= 0.6 is 0 Å². The van der Waals surface area contributed by atoms with Gasteiger partial charge in [-0.3, -0.25) is 19.4 Å².